The molecule has 0 saturated carbocycles. The summed E-state index contributed by atoms with van der Waals surface area (Å²) in [6, 6.07) is 8.70. The molecular formula is C17H16N2O4. The number of carbonyl (C=O) groups excluding carboxylic acids is 2. The van der Waals surface area contributed by atoms with Crippen molar-refractivity contribution in [2.24, 2.45) is 0 Å². The van der Waals surface area contributed by atoms with Crippen LogP contribution in [-0.4, -0.2) is 28.1 Å². The second-order valence-corrected chi connectivity index (χ2v) is 5.97. The molecule has 2 aromatic rings. The highest BCUT2D eigenvalue weighted by Crippen LogP contribution is 2.45. The van der Waals surface area contributed by atoms with Crippen LogP contribution in [0.5, 0.6) is 0 Å². The number of aliphatic hydroxyl groups is 2. The largest absolute Gasteiger partial charge is 0.392 e. The molecule has 1 saturated heterocycles. The first kappa shape index (κ1) is 14.2. The van der Waals surface area contributed by atoms with Crippen LogP contribution >= 0.6 is 0 Å². The van der Waals surface area contributed by atoms with Crippen molar-refractivity contribution in [1.29, 1.82) is 0 Å². The Hall–Kier alpha value is -2.44. The maximum atomic E-state index is 12.2. The molecule has 2 amide bonds. The van der Waals surface area contributed by atoms with Crippen molar-refractivity contribution in [3.63, 3.8) is 0 Å². The van der Waals surface area contributed by atoms with Crippen molar-refractivity contribution in [3.05, 3.63) is 41.5 Å². The topological polar surface area (TPSA) is 89.9 Å². The van der Waals surface area contributed by atoms with Crippen molar-refractivity contribution in [1.82, 2.24) is 5.32 Å². The second kappa shape index (κ2) is 5.04. The molecule has 2 heterocycles. The zero-order valence-corrected chi connectivity index (χ0v) is 12.3. The molecule has 23 heavy (non-hydrogen) atoms. The van der Waals surface area contributed by atoms with Gasteiger partial charge in [-0.15, -0.1) is 0 Å². The van der Waals surface area contributed by atoms with Gasteiger partial charge in [0.05, 0.1) is 6.61 Å². The maximum Gasteiger partial charge on any atom is 0.249 e. The molecule has 6 heteroatoms. The fourth-order valence-electron chi connectivity index (χ4n) is 3.58. The number of aliphatic hydroxyl groups excluding tert-OH is 2. The smallest absolute Gasteiger partial charge is 0.249 e. The Labute approximate surface area is 132 Å². The van der Waals surface area contributed by atoms with Crippen molar-refractivity contribution in [3.8, 4) is 0 Å². The third-order valence-corrected chi connectivity index (χ3v) is 4.59. The number of nitrogens with one attached hydrogen (secondary N) is 1. The number of anilines is 1. The molecule has 118 valence electrons. The van der Waals surface area contributed by atoms with Gasteiger partial charge in [-0.3, -0.25) is 14.9 Å². The van der Waals surface area contributed by atoms with Gasteiger partial charge in [-0.05, 0) is 35.6 Å². The van der Waals surface area contributed by atoms with E-state index in [0.29, 0.717) is 17.5 Å². The van der Waals surface area contributed by atoms with Crippen molar-refractivity contribution in [2.75, 3.05) is 4.90 Å². The summed E-state index contributed by atoms with van der Waals surface area (Å²) in [5, 5.41) is 24.3. The van der Waals surface area contributed by atoms with E-state index >= 15 is 0 Å². The van der Waals surface area contributed by atoms with Crippen molar-refractivity contribution >= 4 is 28.3 Å². The summed E-state index contributed by atoms with van der Waals surface area (Å²) in [6.07, 6.45) is -0.336. The fraction of sp³-hybridized carbons (Fsp3) is 0.294. The van der Waals surface area contributed by atoms with Gasteiger partial charge in [0.15, 0.2) is 6.23 Å². The zero-order valence-electron chi connectivity index (χ0n) is 12.3. The Balaban J connectivity index is 1.85. The normalized spacial score (nSPS) is 23.5. The predicted molar refractivity (Wildman–Crippen MR) is 83.5 cm³/mol. The molecule has 2 unspecified atom stereocenters. The molecular weight excluding hydrogens is 296 g/mol. The van der Waals surface area contributed by atoms with E-state index in [-0.39, 0.29) is 24.8 Å². The van der Waals surface area contributed by atoms with E-state index in [4.69, 9.17) is 0 Å². The summed E-state index contributed by atoms with van der Waals surface area (Å²) in [7, 11) is 0. The summed E-state index contributed by atoms with van der Waals surface area (Å²) < 4.78 is 0. The van der Waals surface area contributed by atoms with Gasteiger partial charge in [0.1, 0.15) is 6.04 Å². The van der Waals surface area contributed by atoms with Crippen LogP contribution in [-0.2, 0) is 16.2 Å². The Morgan fingerprint density at radius 2 is 2.09 bits per heavy atom. The summed E-state index contributed by atoms with van der Waals surface area (Å²) >= 11 is 0. The average Bonchev–Trinajstić information content (AvgIpc) is 2.82. The first-order chi connectivity index (χ1) is 11.1. The number of hydrogen-bond acceptors (Lipinski definition) is 5. The molecule has 0 aromatic heterocycles. The number of rotatable bonds is 2. The van der Waals surface area contributed by atoms with Crippen LogP contribution in [0.1, 0.15) is 30.2 Å². The number of carbonyl (C=O) groups is 2. The maximum absolute atomic E-state index is 12.2. The van der Waals surface area contributed by atoms with Crippen LogP contribution in [0.2, 0.25) is 0 Å². The zero-order chi connectivity index (χ0) is 16.1. The van der Waals surface area contributed by atoms with Crippen LogP contribution in [0, 0.1) is 0 Å². The summed E-state index contributed by atoms with van der Waals surface area (Å²) in [5.74, 6) is -0.661. The summed E-state index contributed by atoms with van der Waals surface area (Å²) in [4.78, 5) is 25.2. The van der Waals surface area contributed by atoms with E-state index in [2.05, 4.69) is 5.32 Å². The molecule has 0 bridgehead atoms. The molecule has 2 aliphatic heterocycles. The van der Waals surface area contributed by atoms with Crippen LogP contribution in [0.3, 0.4) is 0 Å². The Morgan fingerprint density at radius 1 is 1.26 bits per heavy atom. The number of imide groups is 1. The molecule has 0 radical (unpaired) electrons. The van der Waals surface area contributed by atoms with Crippen LogP contribution in [0.15, 0.2) is 30.3 Å². The quantitative estimate of drug-likeness (QED) is 0.718. The van der Waals surface area contributed by atoms with Crippen molar-refractivity contribution < 1.29 is 19.8 Å². The number of hydrogen-bond donors (Lipinski definition) is 3. The van der Waals surface area contributed by atoms with Gasteiger partial charge in [0.25, 0.3) is 0 Å². The van der Waals surface area contributed by atoms with E-state index < -0.39 is 12.3 Å². The Bertz CT molecular complexity index is 833. The predicted octanol–water partition coefficient (Wildman–Crippen LogP) is 0.948. The highest BCUT2D eigenvalue weighted by molar-refractivity contribution is 6.06. The van der Waals surface area contributed by atoms with Crippen LogP contribution < -0.4 is 10.2 Å². The van der Waals surface area contributed by atoms with Gasteiger partial charge < -0.3 is 15.1 Å². The fourth-order valence-corrected chi connectivity index (χ4v) is 3.58. The van der Waals surface area contributed by atoms with Crippen molar-refractivity contribution in [2.45, 2.75) is 31.7 Å². The number of benzene rings is 2. The Morgan fingerprint density at radius 3 is 2.83 bits per heavy atom. The van der Waals surface area contributed by atoms with E-state index in [1.165, 1.54) is 0 Å². The summed E-state index contributed by atoms with van der Waals surface area (Å²) in [5.41, 5.74) is 2.18. The first-order valence-corrected chi connectivity index (χ1v) is 7.56. The van der Waals surface area contributed by atoms with E-state index in [0.717, 1.165) is 16.5 Å². The molecule has 0 aliphatic carbocycles. The lowest BCUT2D eigenvalue weighted by atomic mass is 10.0. The van der Waals surface area contributed by atoms with Gasteiger partial charge in [-0.1, -0.05) is 12.1 Å². The minimum Gasteiger partial charge on any atom is -0.392 e. The monoisotopic (exact) mass is 312 g/mol. The average molecular weight is 312 g/mol. The highest BCUT2D eigenvalue weighted by atomic mass is 16.3. The molecule has 1 fully saturated rings. The van der Waals surface area contributed by atoms with Gasteiger partial charge in [-0.25, -0.2) is 0 Å². The van der Waals surface area contributed by atoms with E-state index in [1.807, 2.05) is 24.3 Å². The third kappa shape index (κ3) is 2.03. The number of piperidine rings is 1. The molecule has 3 N–H and O–H groups in total. The van der Waals surface area contributed by atoms with Gasteiger partial charge in [0.2, 0.25) is 11.8 Å². The van der Waals surface area contributed by atoms with E-state index in [1.54, 1.807) is 11.0 Å². The van der Waals surface area contributed by atoms with Crippen LogP contribution in [0.4, 0.5) is 5.69 Å². The number of nitrogens with zero attached hydrogens (tertiary/aromatic N) is 1. The first-order valence-electron chi connectivity index (χ1n) is 7.56. The third-order valence-electron chi connectivity index (χ3n) is 4.59. The van der Waals surface area contributed by atoms with Gasteiger partial charge in [0, 0.05) is 23.1 Å². The SMILES string of the molecule is O=C1CCC(N2c3cccc4cc(CO)cc(c34)C2O)C(=O)N1. The Kier molecular flexibility index (Phi) is 3.11. The molecule has 4 rings (SSSR count). The molecule has 6 nitrogen and oxygen atoms in total. The minimum atomic E-state index is -0.967. The molecule has 0 spiro atoms. The number of amides is 2. The molecule has 2 atom stereocenters. The van der Waals surface area contributed by atoms with Gasteiger partial charge in [-0.2, -0.15) is 0 Å². The lowest BCUT2D eigenvalue weighted by molar-refractivity contribution is -0.134. The highest BCUT2D eigenvalue weighted by Gasteiger charge is 2.40. The summed E-state index contributed by atoms with van der Waals surface area (Å²) in [6.45, 7) is -0.113. The van der Waals surface area contributed by atoms with Gasteiger partial charge >= 0.3 is 0 Å². The molecule has 2 aliphatic rings. The molecule has 2 aromatic carbocycles. The standard InChI is InChI=1S/C17H16N2O4/c20-8-9-6-10-2-1-3-12-15(10)11(7-9)17(23)19(12)13-4-5-14(21)18-16(13)22/h1-3,6-7,13,17,20,23H,4-5,8H2,(H,18,21,22). The van der Waals surface area contributed by atoms with E-state index in [9.17, 15) is 19.8 Å². The lowest BCUT2D eigenvalue weighted by Crippen LogP contribution is -2.52. The van der Waals surface area contributed by atoms with Crippen LogP contribution in [0.25, 0.3) is 10.8 Å². The minimum absolute atomic E-state index is 0.113. The second-order valence-electron chi connectivity index (χ2n) is 5.97. The lowest BCUT2D eigenvalue weighted by Gasteiger charge is -2.34.